The van der Waals surface area contributed by atoms with E-state index in [1.54, 1.807) is 22.0 Å². The molecule has 0 bridgehead atoms. The van der Waals surface area contributed by atoms with Gasteiger partial charge in [0, 0.05) is 50.7 Å². The summed E-state index contributed by atoms with van der Waals surface area (Å²) in [5.41, 5.74) is 0.202. The van der Waals surface area contributed by atoms with Crippen molar-refractivity contribution >= 4 is 11.7 Å². The zero-order valence-electron chi connectivity index (χ0n) is 15.0. The van der Waals surface area contributed by atoms with Gasteiger partial charge in [-0.3, -0.25) is 4.79 Å². The van der Waals surface area contributed by atoms with Crippen molar-refractivity contribution < 1.29 is 13.6 Å². The second-order valence-corrected chi connectivity index (χ2v) is 6.47. The minimum Gasteiger partial charge on any atom is -0.353 e. The Bertz CT molecular complexity index is 970. The van der Waals surface area contributed by atoms with Gasteiger partial charge in [0.1, 0.15) is 23.8 Å². The molecule has 0 spiro atoms. The van der Waals surface area contributed by atoms with E-state index in [1.807, 2.05) is 12.1 Å². The van der Waals surface area contributed by atoms with Crippen molar-refractivity contribution in [1.29, 1.82) is 0 Å². The Hall–Kier alpha value is -3.36. The lowest BCUT2D eigenvalue weighted by Gasteiger charge is -2.35. The molecule has 144 valence electrons. The van der Waals surface area contributed by atoms with Crippen molar-refractivity contribution in [2.24, 2.45) is 0 Å². The molecular weight excluding hydrogens is 366 g/mol. The number of hydrogen-bond acceptors (Lipinski definition) is 5. The molecule has 1 aromatic carbocycles. The Morgan fingerprint density at radius 3 is 2.54 bits per heavy atom. The SMILES string of the molecule is O=C(Cc1ccc(F)cc1F)N1CCN(c2cc(-n3cccn3)ncn2)CC1. The topological polar surface area (TPSA) is 67.2 Å². The van der Waals surface area contributed by atoms with Gasteiger partial charge in [0.2, 0.25) is 5.91 Å². The first-order valence-electron chi connectivity index (χ1n) is 8.89. The summed E-state index contributed by atoms with van der Waals surface area (Å²) in [6, 6.07) is 6.94. The van der Waals surface area contributed by atoms with Crippen LogP contribution in [0.15, 0.2) is 49.1 Å². The maximum Gasteiger partial charge on any atom is 0.227 e. The summed E-state index contributed by atoms with van der Waals surface area (Å²) < 4.78 is 28.4. The summed E-state index contributed by atoms with van der Waals surface area (Å²) in [7, 11) is 0. The van der Waals surface area contributed by atoms with E-state index in [4.69, 9.17) is 0 Å². The van der Waals surface area contributed by atoms with Crippen molar-refractivity contribution in [1.82, 2.24) is 24.6 Å². The largest absolute Gasteiger partial charge is 0.353 e. The van der Waals surface area contributed by atoms with Crippen LogP contribution in [0, 0.1) is 11.6 Å². The molecule has 3 aromatic rings. The van der Waals surface area contributed by atoms with Crippen molar-refractivity contribution in [3.8, 4) is 5.82 Å². The average Bonchev–Trinajstić information content (AvgIpc) is 3.25. The number of benzene rings is 1. The van der Waals surface area contributed by atoms with Crippen molar-refractivity contribution in [3.05, 3.63) is 66.3 Å². The lowest BCUT2D eigenvalue weighted by molar-refractivity contribution is -0.130. The first kappa shape index (κ1) is 18.0. The highest BCUT2D eigenvalue weighted by molar-refractivity contribution is 5.79. The number of rotatable bonds is 4. The lowest BCUT2D eigenvalue weighted by Crippen LogP contribution is -2.49. The van der Waals surface area contributed by atoms with E-state index >= 15 is 0 Å². The smallest absolute Gasteiger partial charge is 0.227 e. The van der Waals surface area contributed by atoms with Crippen LogP contribution in [0.5, 0.6) is 0 Å². The molecule has 1 aliphatic rings. The summed E-state index contributed by atoms with van der Waals surface area (Å²) >= 11 is 0. The van der Waals surface area contributed by atoms with E-state index < -0.39 is 11.6 Å². The van der Waals surface area contributed by atoms with Crippen LogP contribution in [0.3, 0.4) is 0 Å². The highest BCUT2D eigenvalue weighted by Crippen LogP contribution is 2.17. The molecule has 7 nitrogen and oxygen atoms in total. The fourth-order valence-corrected chi connectivity index (χ4v) is 3.16. The molecular formula is C19H18F2N6O. The fourth-order valence-electron chi connectivity index (χ4n) is 3.16. The number of anilines is 1. The van der Waals surface area contributed by atoms with Crippen LogP contribution in [0.2, 0.25) is 0 Å². The van der Waals surface area contributed by atoms with Gasteiger partial charge in [-0.15, -0.1) is 0 Å². The van der Waals surface area contributed by atoms with E-state index in [0.717, 1.165) is 18.0 Å². The molecule has 0 atom stereocenters. The van der Waals surface area contributed by atoms with Crippen LogP contribution in [0.4, 0.5) is 14.6 Å². The second-order valence-electron chi connectivity index (χ2n) is 6.47. The third-order valence-corrected chi connectivity index (χ3v) is 4.69. The number of aromatic nitrogens is 4. The van der Waals surface area contributed by atoms with E-state index in [1.165, 1.54) is 12.4 Å². The summed E-state index contributed by atoms with van der Waals surface area (Å²) in [4.78, 5) is 24.8. The van der Waals surface area contributed by atoms with Crippen molar-refractivity contribution in [2.75, 3.05) is 31.1 Å². The van der Waals surface area contributed by atoms with Gasteiger partial charge >= 0.3 is 0 Å². The Kier molecular flexibility index (Phi) is 4.96. The van der Waals surface area contributed by atoms with Gasteiger partial charge in [-0.25, -0.2) is 23.4 Å². The second kappa shape index (κ2) is 7.71. The Balaban J connectivity index is 1.38. The highest BCUT2D eigenvalue weighted by Gasteiger charge is 2.23. The van der Waals surface area contributed by atoms with Crippen molar-refractivity contribution in [3.63, 3.8) is 0 Å². The molecule has 0 N–H and O–H groups in total. The molecule has 28 heavy (non-hydrogen) atoms. The molecule has 1 amide bonds. The van der Waals surface area contributed by atoms with E-state index in [2.05, 4.69) is 20.0 Å². The molecule has 9 heteroatoms. The maximum absolute atomic E-state index is 13.8. The molecule has 2 aromatic heterocycles. The van der Waals surface area contributed by atoms with E-state index in [-0.39, 0.29) is 17.9 Å². The molecule has 1 saturated heterocycles. The van der Waals surface area contributed by atoms with Crippen LogP contribution >= 0.6 is 0 Å². The van der Waals surface area contributed by atoms with E-state index in [9.17, 15) is 13.6 Å². The number of amides is 1. The van der Waals surface area contributed by atoms with Gasteiger partial charge in [-0.1, -0.05) is 6.07 Å². The molecule has 0 aliphatic carbocycles. The monoisotopic (exact) mass is 384 g/mol. The van der Waals surface area contributed by atoms with Crippen LogP contribution in [-0.2, 0) is 11.2 Å². The number of piperazine rings is 1. The van der Waals surface area contributed by atoms with Crippen LogP contribution in [0.1, 0.15) is 5.56 Å². The summed E-state index contributed by atoms with van der Waals surface area (Å²) in [5, 5.41) is 4.16. The molecule has 1 fully saturated rings. The molecule has 0 saturated carbocycles. The number of carbonyl (C=O) groups is 1. The normalized spacial score (nSPS) is 14.4. The highest BCUT2D eigenvalue weighted by atomic mass is 19.1. The van der Waals surface area contributed by atoms with Crippen LogP contribution in [0.25, 0.3) is 5.82 Å². The van der Waals surface area contributed by atoms with Gasteiger partial charge in [0.15, 0.2) is 5.82 Å². The number of carbonyl (C=O) groups excluding carboxylic acids is 1. The first-order chi connectivity index (χ1) is 13.6. The van der Waals surface area contributed by atoms with Gasteiger partial charge in [0.25, 0.3) is 0 Å². The zero-order chi connectivity index (χ0) is 19.5. The third kappa shape index (κ3) is 3.83. The maximum atomic E-state index is 13.8. The lowest BCUT2D eigenvalue weighted by atomic mass is 10.1. The molecule has 4 rings (SSSR count). The fraction of sp³-hybridized carbons (Fsp3) is 0.263. The van der Waals surface area contributed by atoms with Crippen molar-refractivity contribution in [2.45, 2.75) is 6.42 Å². The predicted octanol–water partition coefficient (Wildman–Crippen LogP) is 1.83. The zero-order valence-corrected chi connectivity index (χ0v) is 15.0. The van der Waals surface area contributed by atoms with Gasteiger partial charge < -0.3 is 9.80 Å². The molecule has 1 aliphatic heterocycles. The summed E-state index contributed by atoms with van der Waals surface area (Å²) in [6.07, 6.45) is 4.89. The molecule has 3 heterocycles. The quantitative estimate of drug-likeness (QED) is 0.687. The molecule has 0 unspecified atom stereocenters. The standard InChI is InChI=1S/C19H18F2N6O/c20-15-3-2-14(16(21)11-15)10-19(28)26-8-6-25(7-9-26)17-12-18(23-13-22-17)27-5-1-4-24-27/h1-5,11-13H,6-10H2. The minimum absolute atomic E-state index is 0.0803. The number of hydrogen-bond donors (Lipinski definition) is 0. The van der Waals surface area contributed by atoms with E-state index in [0.29, 0.717) is 32.0 Å². The summed E-state index contributed by atoms with van der Waals surface area (Å²) in [5.74, 6) is -0.0942. The molecule has 0 radical (unpaired) electrons. The first-order valence-corrected chi connectivity index (χ1v) is 8.89. The third-order valence-electron chi connectivity index (χ3n) is 4.69. The Labute approximate surface area is 160 Å². The van der Waals surface area contributed by atoms with Gasteiger partial charge in [0.05, 0.1) is 6.42 Å². The number of halogens is 2. The van der Waals surface area contributed by atoms with Gasteiger partial charge in [-0.05, 0) is 17.7 Å². The Morgan fingerprint density at radius 2 is 1.82 bits per heavy atom. The minimum atomic E-state index is -0.695. The predicted molar refractivity (Wildman–Crippen MR) is 98.0 cm³/mol. The van der Waals surface area contributed by atoms with Crippen LogP contribution < -0.4 is 4.90 Å². The van der Waals surface area contributed by atoms with Gasteiger partial charge in [-0.2, -0.15) is 5.10 Å². The van der Waals surface area contributed by atoms with Crippen LogP contribution in [-0.4, -0.2) is 56.7 Å². The summed E-state index contributed by atoms with van der Waals surface area (Å²) in [6.45, 7) is 2.21. The average molecular weight is 384 g/mol. The number of nitrogens with zero attached hydrogens (tertiary/aromatic N) is 6. The Morgan fingerprint density at radius 1 is 1.04 bits per heavy atom.